The molecule has 0 atom stereocenters. The number of hydrogen-bond donors (Lipinski definition) is 1. The van der Waals surface area contributed by atoms with Crippen molar-refractivity contribution in [3.8, 4) is 11.5 Å². The number of benzene rings is 2. The Morgan fingerprint density at radius 1 is 1.07 bits per heavy atom. The number of carbonyl (C=O) groups is 1. The molecule has 0 aliphatic heterocycles. The lowest BCUT2D eigenvalue weighted by atomic mass is 10.1. The van der Waals surface area contributed by atoms with E-state index in [0.29, 0.717) is 31.0 Å². The Kier molecular flexibility index (Phi) is 8.89. The lowest BCUT2D eigenvalue weighted by Crippen LogP contribution is -2.39. The zero-order valence-electron chi connectivity index (χ0n) is 17.2. The van der Waals surface area contributed by atoms with Crippen LogP contribution < -0.4 is 9.47 Å². The molecule has 0 aliphatic carbocycles. The lowest BCUT2D eigenvalue weighted by Gasteiger charge is -2.22. The van der Waals surface area contributed by atoms with Crippen molar-refractivity contribution in [2.75, 3.05) is 47.4 Å². The third kappa shape index (κ3) is 7.36. The third-order valence-corrected chi connectivity index (χ3v) is 4.50. The highest BCUT2D eigenvalue weighted by molar-refractivity contribution is 5.77. The summed E-state index contributed by atoms with van der Waals surface area (Å²) >= 11 is 0. The quantitative estimate of drug-likeness (QED) is 0.623. The molecule has 0 unspecified atom stereocenters. The summed E-state index contributed by atoms with van der Waals surface area (Å²) < 4.78 is 24.5. The molecule has 0 bridgehead atoms. The first-order valence-corrected chi connectivity index (χ1v) is 9.50. The SMILES string of the molecule is COc1cc(CCN(CCO)CC(=O)N(C)C)ccc1OCc1cccc(F)c1. The number of likely N-dealkylation sites (N-methyl/N-ethyl adjacent to an activating group) is 1. The van der Waals surface area contributed by atoms with Crippen LogP contribution in [0.1, 0.15) is 11.1 Å². The zero-order valence-corrected chi connectivity index (χ0v) is 17.2. The van der Waals surface area contributed by atoms with Gasteiger partial charge < -0.3 is 19.5 Å². The van der Waals surface area contributed by atoms with Gasteiger partial charge in [-0.1, -0.05) is 18.2 Å². The monoisotopic (exact) mass is 404 g/mol. The molecule has 0 saturated carbocycles. The van der Waals surface area contributed by atoms with Gasteiger partial charge in [-0.25, -0.2) is 4.39 Å². The summed E-state index contributed by atoms with van der Waals surface area (Å²) in [5, 5.41) is 9.25. The van der Waals surface area contributed by atoms with Crippen LogP contribution >= 0.6 is 0 Å². The van der Waals surface area contributed by atoms with E-state index in [2.05, 4.69) is 0 Å². The average molecular weight is 404 g/mol. The van der Waals surface area contributed by atoms with Gasteiger partial charge in [0.05, 0.1) is 20.3 Å². The van der Waals surface area contributed by atoms with Gasteiger partial charge >= 0.3 is 0 Å². The maximum Gasteiger partial charge on any atom is 0.236 e. The molecule has 2 aromatic rings. The maximum absolute atomic E-state index is 13.3. The van der Waals surface area contributed by atoms with Crippen molar-refractivity contribution < 1.29 is 23.8 Å². The molecule has 1 amide bonds. The van der Waals surface area contributed by atoms with Gasteiger partial charge in [0.1, 0.15) is 12.4 Å². The number of methoxy groups -OCH3 is 1. The Morgan fingerprint density at radius 2 is 1.86 bits per heavy atom. The Labute approximate surface area is 171 Å². The number of rotatable bonds is 11. The summed E-state index contributed by atoms with van der Waals surface area (Å²) in [6.07, 6.45) is 0.696. The van der Waals surface area contributed by atoms with E-state index in [0.717, 1.165) is 11.1 Å². The minimum Gasteiger partial charge on any atom is -0.493 e. The second-order valence-electron chi connectivity index (χ2n) is 6.94. The fourth-order valence-electron chi connectivity index (χ4n) is 2.81. The van der Waals surface area contributed by atoms with E-state index < -0.39 is 0 Å². The Hall–Kier alpha value is -2.64. The zero-order chi connectivity index (χ0) is 21.2. The van der Waals surface area contributed by atoms with Crippen molar-refractivity contribution in [2.24, 2.45) is 0 Å². The van der Waals surface area contributed by atoms with Gasteiger partial charge in [-0.05, 0) is 41.8 Å². The van der Waals surface area contributed by atoms with Crippen LogP contribution in [0.3, 0.4) is 0 Å². The molecule has 29 heavy (non-hydrogen) atoms. The number of nitrogens with zero attached hydrogens (tertiary/aromatic N) is 2. The van der Waals surface area contributed by atoms with Crippen molar-refractivity contribution >= 4 is 5.91 Å². The highest BCUT2D eigenvalue weighted by atomic mass is 19.1. The molecule has 6 nitrogen and oxygen atoms in total. The molecule has 1 N–H and O–H groups in total. The van der Waals surface area contributed by atoms with Gasteiger partial charge in [-0.3, -0.25) is 9.69 Å². The van der Waals surface area contributed by atoms with Gasteiger partial charge in [-0.15, -0.1) is 0 Å². The van der Waals surface area contributed by atoms with Crippen LogP contribution in [0.5, 0.6) is 11.5 Å². The largest absolute Gasteiger partial charge is 0.493 e. The first kappa shape index (κ1) is 22.6. The molecule has 0 radical (unpaired) electrons. The average Bonchev–Trinajstić information content (AvgIpc) is 2.70. The van der Waals surface area contributed by atoms with Crippen molar-refractivity contribution in [2.45, 2.75) is 13.0 Å². The smallest absolute Gasteiger partial charge is 0.236 e. The number of carbonyl (C=O) groups excluding carboxylic acids is 1. The summed E-state index contributed by atoms with van der Waals surface area (Å²) in [5.41, 5.74) is 1.77. The van der Waals surface area contributed by atoms with Gasteiger partial charge in [0.25, 0.3) is 0 Å². The molecular formula is C22H29FN2O4. The van der Waals surface area contributed by atoms with E-state index in [-0.39, 0.29) is 31.5 Å². The standard InChI is InChI=1S/C22H29FN2O4/c1-24(2)22(27)15-25(11-12-26)10-9-17-7-8-20(21(14-17)28-3)29-16-18-5-4-6-19(23)13-18/h4-8,13-14,26H,9-12,15-16H2,1-3H3. The molecule has 0 aromatic heterocycles. The second kappa shape index (κ2) is 11.4. The molecule has 7 heteroatoms. The fraction of sp³-hybridized carbons (Fsp3) is 0.409. The van der Waals surface area contributed by atoms with E-state index in [4.69, 9.17) is 9.47 Å². The molecule has 2 rings (SSSR count). The van der Waals surface area contributed by atoms with Crippen LogP contribution in [0.15, 0.2) is 42.5 Å². The van der Waals surface area contributed by atoms with Crippen LogP contribution in [0, 0.1) is 5.82 Å². The van der Waals surface area contributed by atoms with Crippen LogP contribution in [0.25, 0.3) is 0 Å². The van der Waals surface area contributed by atoms with E-state index in [1.54, 1.807) is 33.3 Å². The topological polar surface area (TPSA) is 62.2 Å². The van der Waals surface area contributed by atoms with Crippen molar-refractivity contribution in [1.82, 2.24) is 9.80 Å². The van der Waals surface area contributed by atoms with E-state index in [1.165, 1.54) is 17.0 Å². The Bertz CT molecular complexity index is 798. The molecule has 0 heterocycles. The highest BCUT2D eigenvalue weighted by Crippen LogP contribution is 2.29. The number of ether oxygens (including phenoxy) is 2. The van der Waals surface area contributed by atoms with Crippen LogP contribution in [-0.4, -0.2) is 68.3 Å². The Balaban J connectivity index is 1.98. The highest BCUT2D eigenvalue weighted by Gasteiger charge is 2.13. The predicted molar refractivity (Wildman–Crippen MR) is 110 cm³/mol. The lowest BCUT2D eigenvalue weighted by molar-refractivity contribution is -0.130. The summed E-state index contributed by atoms with van der Waals surface area (Å²) in [6, 6.07) is 11.9. The fourth-order valence-corrected chi connectivity index (χ4v) is 2.81. The van der Waals surface area contributed by atoms with Gasteiger partial charge in [0.15, 0.2) is 11.5 Å². The molecule has 158 valence electrons. The van der Waals surface area contributed by atoms with Gasteiger partial charge in [0.2, 0.25) is 5.91 Å². The summed E-state index contributed by atoms with van der Waals surface area (Å²) in [5.74, 6) is 0.873. The molecule has 0 saturated heterocycles. The number of aliphatic hydroxyl groups excluding tert-OH is 1. The molecule has 0 spiro atoms. The number of amides is 1. The first-order chi connectivity index (χ1) is 13.9. The van der Waals surface area contributed by atoms with Crippen molar-refractivity contribution in [3.63, 3.8) is 0 Å². The van der Waals surface area contributed by atoms with E-state index in [9.17, 15) is 14.3 Å². The predicted octanol–water partition coefficient (Wildman–Crippen LogP) is 2.34. The van der Waals surface area contributed by atoms with E-state index >= 15 is 0 Å². The van der Waals surface area contributed by atoms with Gasteiger partial charge in [0, 0.05) is 27.2 Å². The minimum atomic E-state index is -0.298. The normalized spacial score (nSPS) is 10.8. The van der Waals surface area contributed by atoms with Crippen molar-refractivity contribution in [3.05, 3.63) is 59.4 Å². The van der Waals surface area contributed by atoms with Gasteiger partial charge in [-0.2, -0.15) is 0 Å². The van der Waals surface area contributed by atoms with Crippen LogP contribution in [0.4, 0.5) is 4.39 Å². The molecule has 0 fully saturated rings. The van der Waals surface area contributed by atoms with E-state index in [1.807, 2.05) is 23.1 Å². The number of hydrogen-bond acceptors (Lipinski definition) is 5. The Morgan fingerprint density at radius 3 is 2.52 bits per heavy atom. The molecular weight excluding hydrogens is 375 g/mol. The summed E-state index contributed by atoms with van der Waals surface area (Å²) in [6.45, 7) is 1.57. The number of halogens is 1. The second-order valence-corrected chi connectivity index (χ2v) is 6.94. The first-order valence-electron chi connectivity index (χ1n) is 9.50. The summed E-state index contributed by atoms with van der Waals surface area (Å²) in [7, 11) is 5.00. The number of aliphatic hydroxyl groups is 1. The third-order valence-electron chi connectivity index (χ3n) is 4.50. The maximum atomic E-state index is 13.3. The van der Waals surface area contributed by atoms with Crippen LogP contribution in [-0.2, 0) is 17.8 Å². The molecule has 2 aromatic carbocycles. The molecule has 0 aliphatic rings. The van der Waals surface area contributed by atoms with Crippen LogP contribution in [0.2, 0.25) is 0 Å². The van der Waals surface area contributed by atoms with Crippen molar-refractivity contribution in [1.29, 1.82) is 0 Å². The summed E-state index contributed by atoms with van der Waals surface area (Å²) in [4.78, 5) is 15.4. The minimum absolute atomic E-state index is 0.00266.